The monoisotopic (exact) mass is 292 g/mol. The lowest BCUT2D eigenvalue weighted by molar-refractivity contribution is -0.145. The minimum absolute atomic E-state index is 0.154. The van der Waals surface area contributed by atoms with Gasteiger partial charge in [-0.25, -0.2) is 0 Å². The zero-order valence-corrected chi connectivity index (χ0v) is 13.6. The quantitative estimate of drug-likeness (QED) is 0.463. The molecule has 0 aliphatic heterocycles. The molecule has 21 heavy (non-hydrogen) atoms. The standard InChI is InChI=1S/C18H28O3/c1-4-6-7-8-13-21-18(19)15(3)16-10-9-11-17(14-16)20-12-5-2/h9-11,14-15H,4-8,12-13H2,1-3H3. The van der Waals surface area contributed by atoms with Gasteiger partial charge in [-0.05, 0) is 37.5 Å². The first-order valence-electron chi connectivity index (χ1n) is 8.08. The fourth-order valence-electron chi connectivity index (χ4n) is 2.06. The van der Waals surface area contributed by atoms with Gasteiger partial charge in [0.1, 0.15) is 5.75 Å². The van der Waals surface area contributed by atoms with Crippen LogP contribution in [0.5, 0.6) is 5.75 Å². The highest BCUT2D eigenvalue weighted by atomic mass is 16.5. The summed E-state index contributed by atoms with van der Waals surface area (Å²) in [5, 5.41) is 0. The molecule has 0 N–H and O–H groups in total. The van der Waals surface area contributed by atoms with Crippen molar-refractivity contribution in [2.45, 2.75) is 58.8 Å². The summed E-state index contributed by atoms with van der Waals surface area (Å²) in [5.74, 6) is 0.414. The van der Waals surface area contributed by atoms with Crippen molar-refractivity contribution in [2.24, 2.45) is 0 Å². The Morgan fingerprint density at radius 3 is 2.62 bits per heavy atom. The van der Waals surface area contributed by atoms with E-state index in [1.165, 1.54) is 12.8 Å². The molecule has 0 bridgehead atoms. The molecule has 3 heteroatoms. The summed E-state index contributed by atoms with van der Waals surface area (Å²) in [6, 6.07) is 7.72. The summed E-state index contributed by atoms with van der Waals surface area (Å²) in [4.78, 5) is 12.0. The van der Waals surface area contributed by atoms with Crippen LogP contribution in [0.25, 0.3) is 0 Å². The molecule has 0 saturated carbocycles. The Morgan fingerprint density at radius 1 is 1.10 bits per heavy atom. The first-order valence-corrected chi connectivity index (χ1v) is 8.08. The van der Waals surface area contributed by atoms with Crippen molar-refractivity contribution in [3.05, 3.63) is 29.8 Å². The van der Waals surface area contributed by atoms with Gasteiger partial charge < -0.3 is 9.47 Å². The van der Waals surface area contributed by atoms with Crippen molar-refractivity contribution in [1.29, 1.82) is 0 Å². The predicted octanol–water partition coefficient (Wildman–Crippen LogP) is 4.70. The molecule has 0 fully saturated rings. The third-order valence-electron chi connectivity index (χ3n) is 3.43. The third-order valence-corrected chi connectivity index (χ3v) is 3.43. The molecule has 1 aromatic rings. The van der Waals surface area contributed by atoms with Gasteiger partial charge in [-0.3, -0.25) is 4.79 Å². The second-order valence-corrected chi connectivity index (χ2v) is 5.37. The normalized spacial score (nSPS) is 12.0. The minimum atomic E-state index is -0.249. The molecule has 0 saturated heterocycles. The number of hydrogen-bond donors (Lipinski definition) is 0. The molecule has 3 nitrogen and oxygen atoms in total. The smallest absolute Gasteiger partial charge is 0.313 e. The maximum atomic E-state index is 12.0. The van der Waals surface area contributed by atoms with E-state index in [1.54, 1.807) is 0 Å². The molecule has 1 rings (SSSR count). The summed E-state index contributed by atoms with van der Waals surface area (Å²) in [6.07, 6.45) is 5.43. The van der Waals surface area contributed by atoms with E-state index in [0.29, 0.717) is 13.2 Å². The third kappa shape index (κ3) is 6.65. The van der Waals surface area contributed by atoms with Gasteiger partial charge in [0.25, 0.3) is 0 Å². The molecule has 118 valence electrons. The number of rotatable bonds is 10. The molecule has 0 amide bonds. The minimum Gasteiger partial charge on any atom is -0.494 e. The van der Waals surface area contributed by atoms with E-state index in [0.717, 1.165) is 30.6 Å². The van der Waals surface area contributed by atoms with Gasteiger partial charge in [0, 0.05) is 0 Å². The van der Waals surface area contributed by atoms with Crippen molar-refractivity contribution in [3.63, 3.8) is 0 Å². The molecule has 0 aromatic heterocycles. The summed E-state index contributed by atoms with van der Waals surface area (Å²) in [5.41, 5.74) is 0.946. The molecule has 0 aliphatic carbocycles. The molecule has 0 radical (unpaired) electrons. The number of hydrogen-bond acceptors (Lipinski definition) is 3. The van der Waals surface area contributed by atoms with Gasteiger partial charge in [-0.15, -0.1) is 0 Å². The van der Waals surface area contributed by atoms with Crippen molar-refractivity contribution in [2.75, 3.05) is 13.2 Å². The molecule has 1 aromatic carbocycles. The topological polar surface area (TPSA) is 35.5 Å². The lowest BCUT2D eigenvalue weighted by atomic mass is 10.0. The van der Waals surface area contributed by atoms with E-state index < -0.39 is 0 Å². The summed E-state index contributed by atoms with van der Waals surface area (Å²) >= 11 is 0. The molecule has 1 unspecified atom stereocenters. The predicted molar refractivity (Wildman–Crippen MR) is 85.7 cm³/mol. The Hall–Kier alpha value is -1.51. The van der Waals surface area contributed by atoms with E-state index in [1.807, 2.05) is 31.2 Å². The van der Waals surface area contributed by atoms with Gasteiger partial charge in [0.15, 0.2) is 0 Å². The average Bonchev–Trinajstić information content (AvgIpc) is 2.52. The van der Waals surface area contributed by atoms with Gasteiger partial charge in [-0.1, -0.05) is 45.2 Å². The highest BCUT2D eigenvalue weighted by Gasteiger charge is 2.17. The maximum absolute atomic E-state index is 12.0. The van der Waals surface area contributed by atoms with Crippen molar-refractivity contribution in [1.82, 2.24) is 0 Å². The van der Waals surface area contributed by atoms with Crippen LogP contribution in [-0.4, -0.2) is 19.2 Å². The molecule has 0 aliphatic rings. The molecular weight excluding hydrogens is 264 g/mol. The summed E-state index contributed by atoms with van der Waals surface area (Å²) in [6.45, 7) is 7.34. The zero-order chi connectivity index (χ0) is 15.5. The number of carbonyl (C=O) groups is 1. The van der Waals surface area contributed by atoms with Crippen LogP contribution < -0.4 is 4.74 Å². The van der Waals surface area contributed by atoms with Gasteiger partial charge >= 0.3 is 5.97 Å². The fraction of sp³-hybridized carbons (Fsp3) is 0.611. The Bertz CT molecular complexity index is 415. The summed E-state index contributed by atoms with van der Waals surface area (Å²) < 4.78 is 10.9. The van der Waals surface area contributed by atoms with Crippen LogP contribution >= 0.6 is 0 Å². The fourth-order valence-corrected chi connectivity index (χ4v) is 2.06. The number of ether oxygens (including phenoxy) is 2. The Labute approximate surface area is 128 Å². The lowest BCUT2D eigenvalue weighted by Gasteiger charge is -2.13. The van der Waals surface area contributed by atoms with Gasteiger partial charge in [0.05, 0.1) is 19.1 Å². The van der Waals surface area contributed by atoms with Crippen molar-refractivity contribution < 1.29 is 14.3 Å². The van der Waals surface area contributed by atoms with Gasteiger partial charge in [-0.2, -0.15) is 0 Å². The maximum Gasteiger partial charge on any atom is 0.313 e. The lowest BCUT2D eigenvalue weighted by Crippen LogP contribution is -2.14. The largest absolute Gasteiger partial charge is 0.494 e. The highest BCUT2D eigenvalue weighted by molar-refractivity contribution is 5.77. The Balaban J connectivity index is 2.45. The van der Waals surface area contributed by atoms with Crippen LogP contribution in [0.15, 0.2) is 24.3 Å². The van der Waals surface area contributed by atoms with Crippen molar-refractivity contribution in [3.8, 4) is 5.75 Å². The summed E-state index contributed by atoms with van der Waals surface area (Å²) in [7, 11) is 0. The second-order valence-electron chi connectivity index (χ2n) is 5.37. The molecule has 1 atom stereocenters. The molecular formula is C18H28O3. The first-order chi connectivity index (χ1) is 10.2. The van der Waals surface area contributed by atoms with Crippen LogP contribution in [0.4, 0.5) is 0 Å². The SMILES string of the molecule is CCCCCCOC(=O)C(C)c1cccc(OCCC)c1. The van der Waals surface area contributed by atoms with Crippen LogP contribution in [0.1, 0.15) is 64.4 Å². The average molecular weight is 292 g/mol. The van der Waals surface area contributed by atoms with E-state index in [4.69, 9.17) is 9.47 Å². The zero-order valence-electron chi connectivity index (χ0n) is 13.6. The molecule has 0 heterocycles. The van der Waals surface area contributed by atoms with E-state index in [2.05, 4.69) is 13.8 Å². The number of benzene rings is 1. The van der Waals surface area contributed by atoms with Gasteiger partial charge in [0.2, 0.25) is 0 Å². The van der Waals surface area contributed by atoms with Crippen LogP contribution in [0, 0.1) is 0 Å². The number of esters is 1. The Kier molecular flexibility index (Phi) is 8.56. The van der Waals surface area contributed by atoms with Crippen LogP contribution in [-0.2, 0) is 9.53 Å². The number of carbonyl (C=O) groups excluding carboxylic acids is 1. The molecule has 0 spiro atoms. The van der Waals surface area contributed by atoms with E-state index in [-0.39, 0.29) is 11.9 Å². The highest BCUT2D eigenvalue weighted by Crippen LogP contribution is 2.22. The van der Waals surface area contributed by atoms with Crippen LogP contribution in [0.3, 0.4) is 0 Å². The van der Waals surface area contributed by atoms with Crippen LogP contribution in [0.2, 0.25) is 0 Å². The second kappa shape index (κ2) is 10.3. The Morgan fingerprint density at radius 2 is 1.90 bits per heavy atom. The first kappa shape index (κ1) is 17.5. The van der Waals surface area contributed by atoms with Crippen molar-refractivity contribution >= 4 is 5.97 Å². The van der Waals surface area contributed by atoms with E-state index >= 15 is 0 Å². The number of unbranched alkanes of at least 4 members (excludes halogenated alkanes) is 3. The van der Waals surface area contributed by atoms with E-state index in [9.17, 15) is 4.79 Å².